The molecule has 1 amide bonds. The number of piperidine rings is 1. The van der Waals surface area contributed by atoms with Crippen molar-refractivity contribution in [2.45, 2.75) is 6.42 Å². The van der Waals surface area contributed by atoms with E-state index >= 15 is 0 Å². The van der Waals surface area contributed by atoms with Gasteiger partial charge in [0, 0.05) is 13.1 Å². The minimum atomic E-state index is -0.160. The molecule has 0 aromatic rings. The highest BCUT2D eigenvalue weighted by atomic mass is 16.5. The highest BCUT2D eigenvalue weighted by Gasteiger charge is 2.46. The number of methoxy groups -OCH3 is 1. The zero-order chi connectivity index (χ0) is 7.14. The van der Waals surface area contributed by atoms with Crippen LogP contribution in [0.4, 0.5) is 4.79 Å². The average Bonchev–Trinajstić information content (AvgIpc) is 2.57. The molecule has 1 aliphatic carbocycles. The minimum absolute atomic E-state index is 0.160. The van der Waals surface area contributed by atoms with Crippen molar-refractivity contribution in [2.24, 2.45) is 11.8 Å². The Labute approximate surface area is 60.0 Å². The van der Waals surface area contributed by atoms with Crippen molar-refractivity contribution in [3.8, 4) is 0 Å². The molecular weight excluding hydrogens is 130 g/mol. The monoisotopic (exact) mass is 141 g/mol. The molecule has 0 aromatic carbocycles. The van der Waals surface area contributed by atoms with Crippen LogP contribution in [0.3, 0.4) is 0 Å². The van der Waals surface area contributed by atoms with Crippen LogP contribution in [0.2, 0.25) is 0 Å². The predicted molar refractivity (Wildman–Crippen MR) is 35.6 cm³/mol. The zero-order valence-corrected chi connectivity index (χ0v) is 6.04. The van der Waals surface area contributed by atoms with Gasteiger partial charge in [0.15, 0.2) is 0 Å². The Kier molecular flexibility index (Phi) is 1.13. The third kappa shape index (κ3) is 0.770. The standard InChI is InChI=1S/C7H11NO2/c1-10-7(9)8-3-5-2-6(5)4-8/h5-6H,2-4H2,1H3. The lowest BCUT2D eigenvalue weighted by atomic mass is 10.4. The first kappa shape index (κ1) is 6.01. The molecule has 2 unspecified atom stereocenters. The van der Waals surface area contributed by atoms with E-state index in [4.69, 9.17) is 0 Å². The number of hydrogen-bond acceptors (Lipinski definition) is 2. The van der Waals surface area contributed by atoms with E-state index in [9.17, 15) is 4.79 Å². The molecule has 3 heteroatoms. The van der Waals surface area contributed by atoms with Gasteiger partial charge in [-0.1, -0.05) is 0 Å². The van der Waals surface area contributed by atoms with Crippen molar-refractivity contribution in [1.82, 2.24) is 4.90 Å². The summed E-state index contributed by atoms with van der Waals surface area (Å²) in [6.45, 7) is 1.86. The van der Waals surface area contributed by atoms with Gasteiger partial charge in [-0.15, -0.1) is 0 Å². The maximum atomic E-state index is 10.9. The molecule has 56 valence electrons. The maximum Gasteiger partial charge on any atom is 0.409 e. The normalized spacial score (nSPS) is 35.5. The lowest BCUT2D eigenvalue weighted by Crippen LogP contribution is -2.29. The molecule has 1 heterocycles. The Hall–Kier alpha value is -0.730. The van der Waals surface area contributed by atoms with Gasteiger partial charge in [0.05, 0.1) is 7.11 Å². The van der Waals surface area contributed by atoms with E-state index in [2.05, 4.69) is 4.74 Å². The Bertz CT molecular complexity index is 159. The van der Waals surface area contributed by atoms with Crippen LogP contribution in [0.15, 0.2) is 0 Å². The number of likely N-dealkylation sites (tertiary alicyclic amines) is 1. The fraction of sp³-hybridized carbons (Fsp3) is 0.857. The lowest BCUT2D eigenvalue weighted by molar-refractivity contribution is 0.128. The van der Waals surface area contributed by atoms with E-state index in [0.29, 0.717) is 0 Å². The van der Waals surface area contributed by atoms with Crippen molar-refractivity contribution >= 4 is 6.09 Å². The summed E-state index contributed by atoms with van der Waals surface area (Å²) in [6, 6.07) is 0. The molecule has 2 rings (SSSR count). The molecule has 0 radical (unpaired) electrons. The number of carbonyl (C=O) groups excluding carboxylic acids is 1. The van der Waals surface area contributed by atoms with E-state index in [0.717, 1.165) is 24.9 Å². The number of rotatable bonds is 0. The minimum Gasteiger partial charge on any atom is -0.453 e. The topological polar surface area (TPSA) is 29.5 Å². The number of nitrogens with zero attached hydrogens (tertiary/aromatic N) is 1. The van der Waals surface area contributed by atoms with Crippen molar-refractivity contribution < 1.29 is 9.53 Å². The van der Waals surface area contributed by atoms with E-state index in [-0.39, 0.29) is 6.09 Å². The maximum absolute atomic E-state index is 10.9. The number of amides is 1. The number of ether oxygens (including phenoxy) is 1. The molecular formula is C7H11NO2. The summed E-state index contributed by atoms with van der Waals surface area (Å²) in [4.78, 5) is 12.7. The highest BCUT2D eigenvalue weighted by molar-refractivity contribution is 5.68. The van der Waals surface area contributed by atoms with E-state index < -0.39 is 0 Å². The number of hydrogen-bond donors (Lipinski definition) is 0. The smallest absolute Gasteiger partial charge is 0.409 e. The fourth-order valence-corrected chi connectivity index (χ4v) is 1.68. The largest absolute Gasteiger partial charge is 0.453 e. The summed E-state index contributed by atoms with van der Waals surface area (Å²) < 4.78 is 4.59. The van der Waals surface area contributed by atoms with Crippen LogP contribution in [-0.2, 0) is 4.74 Å². The lowest BCUT2D eigenvalue weighted by Gasteiger charge is -2.14. The number of fused-ring (bicyclic) bond motifs is 1. The second-order valence-corrected chi connectivity index (χ2v) is 3.13. The first-order chi connectivity index (χ1) is 4.81. The summed E-state index contributed by atoms with van der Waals surface area (Å²) >= 11 is 0. The summed E-state index contributed by atoms with van der Waals surface area (Å²) in [5, 5.41) is 0. The molecule has 1 saturated heterocycles. The molecule has 1 aliphatic heterocycles. The van der Waals surface area contributed by atoms with Crippen LogP contribution in [0.1, 0.15) is 6.42 Å². The molecule has 2 fully saturated rings. The SMILES string of the molecule is COC(=O)N1CC2CC2C1. The van der Waals surface area contributed by atoms with Gasteiger partial charge in [-0.3, -0.25) is 0 Å². The average molecular weight is 141 g/mol. The van der Waals surface area contributed by atoms with Gasteiger partial charge in [0.2, 0.25) is 0 Å². The molecule has 2 aliphatic rings. The van der Waals surface area contributed by atoms with Crippen molar-refractivity contribution in [1.29, 1.82) is 0 Å². The Balaban J connectivity index is 1.90. The van der Waals surface area contributed by atoms with Gasteiger partial charge in [-0.05, 0) is 18.3 Å². The third-order valence-electron chi connectivity index (χ3n) is 2.41. The summed E-state index contributed by atoms with van der Waals surface area (Å²) in [5.41, 5.74) is 0. The van der Waals surface area contributed by atoms with Crippen molar-refractivity contribution in [3.63, 3.8) is 0 Å². The van der Waals surface area contributed by atoms with Crippen LogP contribution in [0.5, 0.6) is 0 Å². The quantitative estimate of drug-likeness (QED) is 0.497. The first-order valence-corrected chi connectivity index (χ1v) is 3.64. The highest BCUT2D eigenvalue weighted by Crippen LogP contribution is 2.44. The predicted octanol–water partition coefficient (Wildman–Crippen LogP) is 0.705. The second kappa shape index (κ2) is 1.87. The van der Waals surface area contributed by atoms with Crippen LogP contribution in [0, 0.1) is 11.8 Å². The molecule has 0 N–H and O–H groups in total. The molecule has 3 nitrogen and oxygen atoms in total. The van der Waals surface area contributed by atoms with E-state index in [1.165, 1.54) is 13.5 Å². The van der Waals surface area contributed by atoms with E-state index in [1.54, 1.807) is 4.90 Å². The van der Waals surface area contributed by atoms with Crippen LogP contribution in [-0.4, -0.2) is 31.2 Å². The second-order valence-electron chi connectivity index (χ2n) is 3.13. The van der Waals surface area contributed by atoms with Gasteiger partial charge in [-0.25, -0.2) is 4.79 Å². The van der Waals surface area contributed by atoms with Gasteiger partial charge >= 0.3 is 6.09 Å². The van der Waals surface area contributed by atoms with Crippen LogP contribution in [0.25, 0.3) is 0 Å². The molecule has 0 bridgehead atoms. The summed E-state index contributed by atoms with van der Waals surface area (Å²) in [6.07, 6.45) is 1.17. The van der Waals surface area contributed by atoms with Gasteiger partial charge in [0.25, 0.3) is 0 Å². The molecule has 0 aromatic heterocycles. The number of carbonyl (C=O) groups is 1. The van der Waals surface area contributed by atoms with Crippen LogP contribution < -0.4 is 0 Å². The fourth-order valence-electron chi connectivity index (χ4n) is 1.68. The van der Waals surface area contributed by atoms with Gasteiger partial charge in [0.1, 0.15) is 0 Å². The molecule has 10 heavy (non-hydrogen) atoms. The first-order valence-electron chi connectivity index (χ1n) is 3.64. The molecule has 2 atom stereocenters. The molecule has 1 saturated carbocycles. The molecule has 0 spiro atoms. The van der Waals surface area contributed by atoms with Crippen molar-refractivity contribution in [2.75, 3.05) is 20.2 Å². The van der Waals surface area contributed by atoms with Gasteiger partial charge < -0.3 is 9.64 Å². The summed E-state index contributed by atoms with van der Waals surface area (Å²) in [5.74, 6) is 1.61. The Morgan fingerprint density at radius 3 is 2.60 bits per heavy atom. The Morgan fingerprint density at radius 1 is 1.50 bits per heavy atom. The van der Waals surface area contributed by atoms with Crippen LogP contribution >= 0.6 is 0 Å². The Morgan fingerprint density at radius 2 is 2.10 bits per heavy atom. The summed E-state index contributed by atoms with van der Waals surface area (Å²) in [7, 11) is 1.44. The van der Waals surface area contributed by atoms with Crippen molar-refractivity contribution in [3.05, 3.63) is 0 Å². The zero-order valence-electron chi connectivity index (χ0n) is 6.04. The van der Waals surface area contributed by atoms with E-state index in [1.807, 2.05) is 0 Å². The third-order valence-corrected chi connectivity index (χ3v) is 2.41. The van der Waals surface area contributed by atoms with Gasteiger partial charge in [-0.2, -0.15) is 0 Å².